The Bertz CT molecular complexity index is 480. The molecular formula is C11H14N4O2S2. The molecule has 8 heteroatoms. The minimum absolute atomic E-state index is 0.285. The van der Waals surface area contributed by atoms with Crippen molar-refractivity contribution in [3.8, 4) is 6.07 Å². The minimum atomic E-state index is -0.392. The summed E-state index contributed by atoms with van der Waals surface area (Å²) in [5, 5.41) is 23.1. The van der Waals surface area contributed by atoms with E-state index in [0.29, 0.717) is 0 Å². The molecule has 102 valence electrons. The summed E-state index contributed by atoms with van der Waals surface area (Å²) in [6.45, 7) is 1.97. The maximum Gasteiger partial charge on any atom is 0.226 e. The first-order chi connectivity index (χ1) is 9.17. The fraction of sp³-hybridized carbons (Fsp3) is 0.182. The van der Waals surface area contributed by atoms with Crippen LogP contribution in [0.5, 0.6) is 0 Å². The second kappa shape index (κ2) is 10.1. The average molecular weight is 298 g/mol. The molecule has 0 fully saturated rings. The van der Waals surface area contributed by atoms with Gasteiger partial charge in [-0.25, -0.2) is 0 Å². The van der Waals surface area contributed by atoms with Gasteiger partial charge in [0, 0.05) is 0 Å². The summed E-state index contributed by atoms with van der Waals surface area (Å²) in [5.41, 5.74) is 6.03. The van der Waals surface area contributed by atoms with E-state index >= 15 is 0 Å². The third-order valence-corrected chi connectivity index (χ3v) is 2.35. The number of amidine groups is 1. The first-order valence-electron chi connectivity index (χ1n) is 4.98. The molecule has 0 aliphatic rings. The Labute approximate surface area is 121 Å². The standard InChI is InChI=1S/C10H10N4O2S.CH4S/c1-7-2-4-8(5-3-7)17-16-14-9(6-11)10(12)13-15;1-2/h2-5,15H,1H3,(H2,12,13);2H,1H3/b14-9+;. The summed E-state index contributed by atoms with van der Waals surface area (Å²) < 4.78 is 4.85. The number of rotatable bonds is 4. The Kier molecular flexibility index (Phi) is 9.12. The lowest BCUT2D eigenvalue weighted by Gasteiger charge is -1.98. The molecule has 6 nitrogen and oxygen atoms in total. The molecule has 19 heavy (non-hydrogen) atoms. The average Bonchev–Trinajstić information content (AvgIpc) is 2.47. The maximum absolute atomic E-state index is 8.62. The zero-order valence-corrected chi connectivity index (χ0v) is 12.2. The van der Waals surface area contributed by atoms with Gasteiger partial charge in [-0.2, -0.15) is 17.9 Å². The van der Waals surface area contributed by atoms with Gasteiger partial charge >= 0.3 is 0 Å². The lowest BCUT2D eigenvalue weighted by atomic mass is 10.2. The lowest BCUT2D eigenvalue weighted by Crippen LogP contribution is -2.22. The molecule has 0 bridgehead atoms. The molecular weight excluding hydrogens is 284 g/mol. The highest BCUT2D eigenvalue weighted by atomic mass is 32.2. The highest BCUT2D eigenvalue weighted by molar-refractivity contribution is 7.94. The van der Waals surface area contributed by atoms with Gasteiger partial charge in [-0.05, 0) is 25.3 Å². The predicted molar refractivity (Wildman–Crippen MR) is 79.5 cm³/mol. The normalized spacial score (nSPS) is 11.1. The predicted octanol–water partition coefficient (Wildman–Crippen LogP) is 2.19. The molecule has 0 aromatic heterocycles. The van der Waals surface area contributed by atoms with E-state index in [4.69, 9.17) is 20.5 Å². The summed E-state index contributed by atoms with van der Waals surface area (Å²) in [7, 11) is 0. The van der Waals surface area contributed by atoms with Crippen molar-refractivity contribution < 1.29 is 9.49 Å². The van der Waals surface area contributed by atoms with Gasteiger partial charge in [-0.15, -0.1) is 0 Å². The van der Waals surface area contributed by atoms with Gasteiger partial charge in [0.15, 0.2) is 0 Å². The molecule has 0 unspecified atom stereocenters. The van der Waals surface area contributed by atoms with Gasteiger partial charge in [-0.1, -0.05) is 28.0 Å². The summed E-state index contributed by atoms with van der Waals surface area (Å²) in [4.78, 5) is 0.830. The number of thiol groups is 1. The lowest BCUT2D eigenvalue weighted by molar-refractivity contribution is 0.319. The van der Waals surface area contributed by atoms with Gasteiger partial charge in [0.2, 0.25) is 11.5 Å². The topological polar surface area (TPSA) is 104 Å². The van der Waals surface area contributed by atoms with Crippen LogP contribution in [0.3, 0.4) is 0 Å². The molecule has 0 atom stereocenters. The van der Waals surface area contributed by atoms with E-state index in [1.165, 1.54) is 0 Å². The SMILES string of the molecule is CS.Cc1ccc(SO/N=C(C#N)/C(N)=N/O)cc1. The second-order valence-electron chi connectivity index (χ2n) is 3.01. The summed E-state index contributed by atoms with van der Waals surface area (Å²) in [6, 6.07) is 9.19. The molecule has 0 radical (unpaired) electrons. The fourth-order valence-electron chi connectivity index (χ4n) is 0.865. The van der Waals surface area contributed by atoms with Crippen molar-refractivity contribution >= 4 is 36.2 Å². The van der Waals surface area contributed by atoms with Crippen LogP contribution in [0, 0.1) is 18.3 Å². The zero-order chi connectivity index (χ0) is 14.7. The molecule has 0 amide bonds. The Morgan fingerprint density at radius 2 is 2.00 bits per heavy atom. The Hall–Kier alpha value is -1.85. The highest BCUT2D eigenvalue weighted by Gasteiger charge is 2.05. The van der Waals surface area contributed by atoms with Crippen LogP contribution in [0.2, 0.25) is 0 Å². The van der Waals surface area contributed by atoms with E-state index in [-0.39, 0.29) is 5.71 Å². The Morgan fingerprint density at radius 3 is 2.47 bits per heavy atom. The summed E-state index contributed by atoms with van der Waals surface area (Å²) in [5.74, 6) is -0.392. The van der Waals surface area contributed by atoms with Gasteiger partial charge in [0.25, 0.3) is 0 Å². The van der Waals surface area contributed by atoms with Crippen LogP contribution >= 0.6 is 24.7 Å². The van der Waals surface area contributed by atoms with Crippen molar-refractivity contribution in [1.82, 2.24) is 0 Å². The van der Waals surface area contributed by atoms with Crippen LogP contribution in [0.25, 0.3) is 0 Å². The first kappa shape index (κ1) is 17.2. The largest absolute Gasteiger partial charge is 0.409 e. The van der Waals surface area contributed by atoms with Gasteiger partial charge < -0.3 is 15.2 Å². The molecule has 1 aromatic rings. The second-order valence-corrected chi connectivity index (χ2v) is 3.80. The highest BCUT2D eigenvalue weighted by Crippen LogP contribution is 2.19. The number of benzene rings is 1. The smallest absolute Gasteiger partial charge is 0.226 e. The molecule has 0 heterocycles. The Morgan fingerprint density at radius 1 is 1.42 bits per heavy atom. The number of nitrogens with zero attached hydrogens (tertiary/aromatic N) is 3. The summed E-state index contributed by atoms with van der Waals surface area (Å²) in [6.07, 6.45) is 1.69. The number of nitrogens with two attached hydrogens (primary N) is 1. The van der Waals surface area contributed by atoms with Crippen LogP contribution < -0.4 is 5.73 Å². The van der Waals surface area contributed by atoms with E-state index in [0.717, 1.165) is 22.5 Å². The molecule has 0 aliphatic heterocycles. The van der Waals surface area contributed by atoms with E-state index in [1.807, 2.05) is 31.2 Å². The number of aryl methyl sites for hydroxylation is 1. The van der Waals surface area contributed by atoms with Gasteiger partial charge in [0.1, 0.15) is 18.1 Å². The van der Waals surface area contributed by atoms with Crippen molar-refractivity contribution in [2.75, 3.05) is 6.26 Å². The van der Waals surface area contributed by atoms with Gasteiger partial charge in [-0.3, -0.25) is 0 Å². The van der Waals surface area contributed by atoms with E-state index in [9.17, 15) is 0 Å². The molecule has 1 aromatic carbocycles. The van der Waals surface area contributed by atoms with Crippen molar-refractivity contribution in [3.05, 3.63) is 29.8 Å². The third-order valence-electron chi connectivity index (χ3n) is 1.74. The number of oxime groups is 2. The van der Waals surface area contributed by atoms with Crippen LogP contribution in [-0.4, -0.2) is 23.0 Å². The minimum Gasteiger partial charge on any atom is -0.409 e. The van der Waals surface area contributed by atoms with Crippen molar-refractivity contribution in [3.63, 3.8) is 0 Å². The summed E-state index contributed by atoms with van der Waals surface area (Å²) >= 11 is 4.50. The fourth-order valence-corrected chi connectivity index (χ4v) is 1.31. The number of hydrogen-bond acceptors (Lipinski definition) is 7. The van der Waals surface area contributed by atoms with Crippen LogP contribution in [0.1, 0.15) is 5.56 Å². The first-order valence-corrected chi connectivity index (χ1v) is 6.62. The third kappa shape index (κ3) is 6.59. The van der Waals surface area contributed by atoms with Crippen LogP contribution in [0.4, 0.5) is 0 Å². The monoisotopic (exact) mass is 298 g/mol. The van der Waals surface area contributed by atoms with E-state index < -0.39 is 5.84 Å². The van der Waals surface area contributed by atoms with Crippen molar-refractivity contribution in [1.29, 1.82) is 5.26 Å². The molecule has 0 spiro atoms. The van der Waals surface area contributed by atoms with Gasteiger partial charge in [0.05, 0.1) is 4.90 Å². The molecule has 0 aliphatic carbocycles. The quantitative estimate of drug-likeness (QED) is 0.197. The maximum atomic E-state index is 8.62. The van der Waals surface area contributed by atoms with Crippen LogP contribution in [0.15, 0.2) is 39.5 Å². The van der Waals surface area contributed by atoms with E-state index in [1.54, 1.807) is 12.3 Å². The number of hydrogen-bond donors (Lipinski definition) is 3. The molecule has 3 N–H and O–H groups in total. The van der Waals surface area contributed by atoms with Crippen molar-refractivity contribution in [2.45, 2.75) is 11.8 Å². The number of nitriles is 1. The molecule has 1 rings (SSSR count). The Balaban J connectivity index is 0.00000154. The molecule has 0 saturated heterocycles. The van der Waals surface area contributed by atoms with Crippen LogP contribution in [-0.2, 0) is 4.28 Å². The molecule has 0 saturated carbocycles. The van der Waals surface area contributed by atoms with E-state index in [2.05, 4.69) is 22.9 Å². The van der Waals surface area contributed by atoms with Crippen molar-refractivity contribution in [2.24, 2.45) is 16.0 Å². The zero-order valence-electron chi connectivity index (χ0n) is 10.4.